The molecule has 1 aliphatic rings. The average molecular weight is 152 g/mol. The zero-order chi connectivity index (χ0) is 7.84. The van der Waals surface area contributed by atoms with Gasteiger partial charge in [0.2, 0.25) is 12.0 Å². The van der Waals surface area contributed by atoms with Crippen LogP contribution in [0.4, 0.5) is 0 Å². The lowest BCUT2D eigenvalue weighted by Gasteiger charge is -2.11. The van der Waals surface area contributed by atoms with E-state index in [0.29, 0.717) is 18.9 Å². The third-order valence-corrected chi connectivity index (χ3v) is 1.77. The van der Waals surface area contributed by atoms with Crippen molar-refractivity contribution in [1.82, 2.24) is 14.8 Å². The van der Waals surface area contributed by atoms with E-state index in [1.165, 1.54) is 6.21 Å². The lowest BCUT2D eigenvalue weighted by molar-refractivity contribution is -0.457. The van der Waals surface area contributed by atoms with Crippen molar-refractivity contribution >= 4 is 6.21 Å². The van der Waals surface area contributed by atoms with Crippen LogP contribution in [0.15, 0.2) is 0 Å². The second kappa shape index (κ2) is 2.05. The maximum Gasteiger partial charge on any atom is 0.222 e. The summed E-state index contributed by atoms with van der Waals surface area (Å²) in [6.45, 7) is 3.06. The highest BCUT2D eigenvalue weighted by Crippen LogP contribution is 2.01. The zero-order valence-electron chi connectivity index (χ0n) is 6.19. The van der Waals surface area contributed by atoms with Crippen LogP contribution in [0.2, 0.25) is 0 Å². The molecule has 0 amide bonds. The summed E-state index contributed by atoms with van der Waals surface area (Å²) in [7, 11) is 0. The van der Waals surface area contributed by atoms with Gasteiger partial charge in [-0.2, -0.15) is 0 Å². The van der Waals surface area contributed by atoms with Crippen LogP contribution in [-0.4, -0.2) is 32.3 Å². The lowest BCUT2D eigenvalue weighted by Crippen LogP contribution is -2.23. The first-order chi connectivity index (χ1) is 5.27. The van der Waals surface area contributed by atoms with Crippen LogP contribution in [0.3, 0.4) is 0 Å². The molecule has 0 aromatic carbocycles. The Kier molecular flexibility index (Phi) is 1.18. The molecule has 0 saturated carbocycles. The number of fused-ring (bicyclic) bond motifs is 1. The summed E-state index contributed by atoms with van der Waals surface area (Å²) in [4.78, 5) is 0. The number of hydrogen-bond acceptors (Lipinski definition) is 3. The van der Waals surface area contributed by atoms with Crippen LogP contribution in [0.1, 0.15) is 11.6 Å². The molecule has 0 aliphatic carbocycles. The standard InChI is InChI=1S/C6H8N4O/c1-5-7-8-6-4-9(11)2-3-10(5)6/h4H,2-3H2,1H3. The van der Waals surface area contributed by atoms with Crippen molar-refractivity contribution in [2.45, 2.75) is 13.5 Å². The monoisotopic (exact) mass is 152 g/mol. The van der Waals surface area contributed by atoms with Gasteiger partial charge in [-0.05, 0) is 6.92 Å². The van der Waals surface area contributed by atoms with Crippen molar-refractivity contribution in [3.05, 3.63) is 16.9 Å². The van der Waals surface area contributed by atoms with Gasteiger partial charge in [0.1, 0.15) is 5.82 Å². The number of aromatic nitrogens is 3. The Bertz CT molecular complexity index is 314. The Labute approximate surface area is 63.6 Å². The van der Waals surface area contributed by atoms with Gasteiger partial charge in [-0.15, -0.1) is 10.2 Å². The second-order valence-electron chi connectivity index (χ2n) is 2.53. The predicted molar refractivity (Wildman–Crippen MR) is 38.4 cm³/mol. The van der Waals surface area contributed by atoms with E-state index in [-0.39, 0.29) is 0 Å². The fraction of sp³-hybridized carbons (Fsp3) is 0.500. The first-order valence-electron chi connectivity index (χ1n) is 3.46. The van der Waals surface area contributed by atoms with Crippen LogP contribution in [0.25, 0.3) is 0 Å². The number of hydroxylamine groups is 1. The van der Waals surface area contributed by atoms with Gasteiger partial charge < -0.3 is 9.77 Å². The second-order valence-corrected chi connectivity index (χ2v) is 2.53. The van der Waals surface area contributed by atoms with Crippen LogP contribution >= 0.6 is 0 Å². The summed E-state index contributed by atoms with van der Waals surface area (Å²) in [5.74, 6) is 1.52. The van der Waals surface area contributed by atoms with E-state index < -0.39 is 0 Å². The van der Waals surface area contributed by atoms with Crippen LogP contribution < -0.4 is 0 Å². The molecule has 1 aliphatic heterocycles. The SMILES string of the molecule is Cc1nnc2n1CC[N+]([O-])=C2. The third-order valence-electron chi connectivity index (χ3n) is 1.77. The van der Waals surface area contributed by atoms with Gasteiger partial charge in [-0.1, -0.05) is 0 Å². The van der Waals surface area contributed by atoms with Gasteiger partial charge in [0, 0.05) is 0 Å². The van der Waals surface area contributed by atoms with E-state index in [1.54, 1.807) is 0 Å². The van der Waals surface area contributed by atoms with Crippen LogP contribution in [-0.2, 0) is 6.54 Å². The summed E-state index contributed by atoms with van der Waals surface area (Å²) >= 11 is 0. The quantitative estimate of drug-likeness (QED) is 0.373. The molecule has 0 bridgehead atoms. The van der Waals surface area contributed by atoms with E-state index in [9.17, 15) is 5.21 Å². The smallest absolute Gasteiger partial charge is 0.222 e. The van der Waals surface area contributed by atoms with E-state index in [4.69, 9.17) is 0 Å². The topological polar surface area (TPSA) is 56.8 Å². The Morgan fingerprint density at radius 1 is 1.64 bits per heavy atom. The molecular formula is C6H8N4O. The van der Waals surface area contributed by atoms with E-state index >= 15 is 0 Å². The van der Waals surface area contributed by atoms with E-state index in [0.717, 1.165) is 10.6 Å². The number of rotatable bonds is 0. The summed E-state index contributed by atoms with van der Waals surface area (Å²) in [5.41, 5.74) is 0. The highest BCUT2D eigenvalue weighted by atomic mass is 16.5. The van der Waals surface area contributed by atoms with Crippen molar-refractivity contribution in [2.24, 2.45) is 0 Å². The minimum atomic E-state index is 0.492. The Balaban J connectivity index is 2.53. The molecule has 2 rings (SSSR count). The number of aryl methyl sites for hydroxylation is 1. The van der Waals surface area contributed by atoms with Crippen molar-refractivity contribution in [3.8, 4) is 0 Å². The van der Waals surface area contributed by atoms with Crippen molar-refractivity contribution in [1.29, 1.82) is 0 Å². The molecule has 1 aromatic heterocycles. The zero-order valence-corrected chi connectivity index (χ0v) is 6.19. The average Bonchev–Trinajstić information content (AvgIpc) is 2.32. The first kappa shape index (κ1) is 6.33. The van der Waals surface area contributed by atoms with Gasteiger partial charge >= 0.3 is 0 Å². The molecule has 58 valence electrons. The van der Waals surface area contributed by atoms with Gasteiger partial charge in [0.05, 0.1) is 6.54 Å². The van der Waals surface area contributed by atoms with E-state index in [1.807, 2.05) is 11.5 Å². The maximum atomic E-state index is 10.8. The van der Waals surface area contributed by atoms with Gasteiger partial charge in [0.15, 0.2) is 6.54 Å². The summed E-state index contributed by atoms with van der Waals surface area (Å²) < 4.78 is 2.80. The van der Waals surface area contributed by atoms with Crippen molar-refractivity contribution in [2.75, 3.05) is 6.54 Å². The van der Waals surface area contributed by atoms with Gasteiger partial charge in [0.25, 0.3) is 0 Å². The normalized spacial score (nSPS) is 15.9. The molecule has 0 N–H and O–H groups in total. The molecule has 0 fully saturated rings. The molecule has 1 aromatic rings. The van der Waals surface area contributed by atoms with Crippen LogP contribution in [0, 0.1) is 12.1 Å². The van der Waals surface area contributed by atoms with E-state index in [2.05, 4.69) is 10.2 Å². The molecule has 5 nitrogen and oxygen atoms in total. The Morgan fingerprint density at radius 2 is 2.45 bits per heavy atom. The fourth-order valence-corrected chi connectivity index (χ4v) is 1.16. The first-order valence-corrected chi connectivity index (χ1v) is 3.46. The molecular weight excluding hydrogens is 144 g/mol. The van der Waals surface area contributed by atoms with Crippen molar-refractivity contribution in [3.63, 3.8) is 0 Å². The molecule has 0 saturated heterocycles. The molecule has 5 heteroatoms. The highest BCUT2D eigenvalue weighted by molar-refractivity contribution is 5.70. The minimum absolute atomic E-state index is 0.492. The minimum Gasteiger partial charge on any atom is -0.624 e. The number of nitrogens with zero attached hydrogens (tertiary/aromatic N) is 4. The Morgan fingerprint density at radius 3 is 3.27 bits per heavy atom. The maximum absolute atomic E-state index is 10.8. The molecule has 0 radical (unpaired) electrons. The summed E-state index contributed by atoms with van der Waals surface area (Å²) in [6, 6.07) is 0. The Hall–Kier alpha value is -1.39. The largest absolute Gasteiger partial charge is 0.624 e. The fourth-order valence-electron chi connectivity index (χ4n) is 1.16. The predicted octanol–water partition coefficient (Wildman–Crippen LogP) is -0.471. The molecule has 0 spiro atoms. The molecule has 2 heterocycles. The lowest BCUT2D eigenvalue weighted by atomic mass is 10.4. The molecule has 11 heavy (non-hydrogen) atoms. The third kappa shape index (κ3) is 0.886. The number of hydrogen-bond donors (Lipinski definition) is 0. The van der Waals surface area contributed by atoms with Gasteiger partial charge in [-0.3, -0.25) is 0 Å². The summed E-state index contributed by atoms with van der Waals surface area (Å²) in [5, 5.41) is 18.5. The highest BCUT2D eigenvalue weighted by Gasteiger charge is 2.14. The molecule has 0 unspecified atom stereocenters. The van der Waals surface area contributed by atoms with Gasteiger partial charge in [-0.25, -0.2) is 4.74 Å². The summed E-state index contributed by atoms with van der Waals surface area (Å²) in [6.07, 6.45) is 1.46. The van der Waals surface area contributed by atoms with Crippen LogP contribution in [0.5, 0.6) is 0 Å². The van der Waals surface area contributed by atoms with Crippen molar-refractivity contribution < 1.29 is 4.74 Å². The molecule has 0 atom stereocenters.